The molecule has 5 heterocycles. The van der Waals surface area contributed by atoms with Crippen LogP contribution in [0.15, 0.2) is 29.5 Å². The van der Waals surface area contributed by atoms with Crippen molar-refractivity contribution < 1.29 is 36.3 Å². The van der Waals surface area contributed by atoms with E-state index in [9.17, 15) is 22.8 Å². The number of nitrogens with two attached hydrogens (primary N) is 2. The number of hydrogen-bond donors (Lipinski definition) is 2. The first-order valence-corrected chi connectivity index (χ1v) is 17.4. The van der Waals surface area contributed by atoms with Gasteiger partial charge in [-0.1, -0.05) is 11.6 Å². The molecule has 2 fully saturated rings. The van der Waals surface area contributed by atoms with E-state index in [0.717, 1.165) is 42.9 Å². The zero-order valence-corrected chi connectivity index (χ0v) is 29.5. The fourth-order valence-electron chi connectivity index (χ4n) is 6.62. The Labute approximate surface area is 303 Å². The van der Waals surface area contributed by atoms with E-state index in [4.69, 9.17) is 27.8 Å². The normalized spacial score (nSPS) is 18.7. The number of benzene rings is 1. The molecule has 0 aliphatic carbocycles. The second-order valence-electron chi connectivity index (χ2n) is 12.6. The van der Waals surface area contributed by atoms with Gasteiger partial charge in [-0.3, -0.25) is 9.59 Å². The van der Waals surface area contributed by atoms with Gasteiger partial charge < -0.3 is 30.9 Å². The van der Waals surface area contributed by atoms with E-state index in [2.05, 4.69) is 24.8 Å². The first-order valence-electron chi connectivity index (χ1n) is 16.1. The SMILES string of the molecule is Cc1cc(N)nc(-c2c(Cl)cc3c(N4CCN(C(=O)/C(F)=C/c5nccs5)C(CC(N)=O)C4)nc(OCC4CCCN4C)nc3c2F)c1C(F)(F)F. The lowest BCUT2D eigenvalue weighted by atomic mass is 9.98. The highest BCUT2D eigenvalue weighted by Gasteiger charge is 2.39. The number of rotatable bonds is 9. The van der Waals surface area contributed by atoms with Crippen molar-refractivity contribution >= 4 is 63.4 Å². The molecule has 2 unspecified atom stereocenters. The molecule has 4 aromatic rings. The number of pyridine rings is 1. The summed E-state index contributed by atoms with van der Waals surface area (Å²) in [6.45, 7) is 1.93. The maximum Gasteiger partial charge on any atom is 0.418 e. The topological polar surface area (TPSA) is 157 Å². The maximum absolute atomic E-state index is 16.8. The van der Waals surface area contributed by atoms with E-state index in [0.29, 0.717) is 0 Å². The molecule has 0 bridgehead atoms. The number of carbonyl (C=O) groups is 2. The summed E-state index contributed by atoms with van der Waals surface area (Å²) in [5.74, 6) is -4.30. The summed E-state index contributed by atoms with van der Waals surface area (Å²) >= 11 is 7.70. The van der Waals surface area contributed by atoms with E-state index >= 15 is 8.78 Å². The van der Waals surface area contributed by atoms with Crippen molar-refractivity contribution in [1.29, 1.82) is 0 Å². The second kappa shape index (κ2) is 14.7. The summed E-state index contributed by atoms with van der Waals surface area (Å²) in [7, 11) is 1.93. The van der Waals surface area contributed by atoms with Gasteiger partial charge in [0.25, 0.3) is 5.91 Å². The molecule has 12 nitrogen and oxygen atoms in total. The molecule has 2 aliphatic rings. The predicted molar refractivity (Wildman–Crippen MR) is 186 cm³/mol. The highest BCUT2D eigenvalue weighted by atomic mass is 35.5. The number of thiazole rings is 1. The maximum atomic E-state index is 16.8. The predicted octanol–water partition coefficient (Wildman–Crippen LogP) is 5.23. The largest absolute Gasteiger partial charge is 0.462 e. The van der Waals surface area contributed by atoms with Crippen LogP contribution in [0.3, 0.4) is 0 Å². The van der Waals surface area contributed by atoms with Crippen molar-refractivity contribution in [3.63, 3.8) is 0 Å². The molecular formula is C33H33ClF5N9O3S. The van der Waals surface area contributed by atoms with Crippen LogP contribution in [0, 0.1) is 12.7 Å². The molecule has 19 heteroatoms. The van der Waals surface area contributed by atoms with E-state index in [1.54, 1.807) is 10.3 Å². The van der Waals surface area contributed by atoms with Gasteiger partial charge >= 0.3 is 12.2 Å². The Bertz CT molecular complexity index is 2050. The van der Waals surface area contributed by atoms with Gasteiger partial charge in [0.1, 0.15) is 28.8 Å². The van der Waals surface area contributed by atoms with Crippen LogP contribution in [0.2, 0.25) is 5.02 Å². The number of alkyl halides is 3. The third kappa shape index (κ3) is 7.59. The van der Waals surface area contributed by atoms with Crippen molar-refractivity contribution in [2.24, 2.45) is 5.73 Å². The van der Waals surface area contributed by atoms with Crippen molar-refractivity contribution in [2.75, 3.05) is 50.5 Å². The number of aryl methyl sites for hydroxylation is 1. The number of hydrogen-bond acceptors (Lipinski definition) is 11. The highest BCUT2D eigenvalue weighted by Crippen LogP contribution is 2.45. The molecule has 52 heavy (non-hydrogen) atoms. The summed E-state index contributed by atoms with van der Waals surface area (Å²) in [5, 5.41) is 1.45. The zero-order valence-electron chi connectivity index (χ0n) is 27.9. The number of fused-ring (bicyclic) bond motifs is 1. The van der Waals surface area contributed by atoms with Crippen LogP contribution in [-0.4, -0.2) is 93.5 Å². The van der Waals surface area contributed by atoms with Gasteiger partial charge in [0.05, 0.1) is 27.9 Å². The molecule has 2 amide bonds. The molecule has 4 N–H and O–H groups in total. The average molecular weight is 766 g/mol. The number of amides is 2. The number of likely N-dealkylation sites (tertiary alicyclic amines) is 1. The number of anilines is 2. The Morgan fingerprint density at radius 1 is 1.15 bits per heavy atom. The molecule has 1 aromatic carbocycles. The lowest BCUT2D eigenvalue weighted by Gasteiger charge is -2.41. The molecule has 0 saturated carbocycles. The molecule has 0 spiro atoms. The Hall–Kier alpha value is -4.68. The minimum atomic E-state index is -4.94. The van der Waals surface area contributed by atoms with Crippen LogP contribution in [0.25, 0.3) is 28.2 Å². The monoisotopic (exact) mass is 765 g/mol. The summed E-state index contributed by atoms with van der Waals surface area (Å²) in [6.07, 6.45) is -1.09. The zero-order chi connectivity index (χ0) is 37.5. The number of nitrogen functional groups attached to an aromatic ring is 1. The van der Waals surface area contributed by atoms with E-state index < -0.39 is 63.0 Å². The van der Waals surface area contributed by atoms with Crippen molar-refractivity contribution in [3.8, 4) is 17.3 Å². The minimum absolute atomic E-state index is 0.00165. The van der Waals surface area contributed by atoms with Crippen LogP contribution in [0.4, 0.5) is 33.6 Å². The Morgan fingerprint density at radius 2 is 1.92 bits per heavy atom. The third-order valence-electron chi connectivity index (χ3n) is 9.06. The molecule has 2 aliphatic heterocycles. The van der Waals surface area contributed by atoms with E-state index in [-0.39, 0.29) is 72.3 Å². The fourth-order valence-corrected chi connectivity index (χ4v) is 7.45. The van der Waals surface area contributed by atoms with Crippen molar-refractivity contribution in [3.05, 3.63) is 56.5 Å². The number of nitrogens with zero attached hydrogens (tertiary/aromatic N) is 7. The van der Waals surface area contributed by atoms with Crippen LogP contribution >= 0.6 is 22.9 Å². The Balaban J connectivity index is 1.45. The number of ether oxygens (including phenoxy) is 1. The molecule has 276 valence electrons. The average Bonchev–Trinajstić information content (AvgIpc) is 3.73. The minimum Gasteiger partial charge on any atom is -0.462 e. The highest BCUT2D eigenvalue weighted by molar-refractivity contribution is 7.10. The first-order chi connectivity index (χ1) is 24.6. The van der Waals surface area contributed by atoms with Gasteiger partial charge in [0, 0.05) is 55.1 Å². The van der Waals surface area contributed by atoms with Gasteiger partial charge in [0.15, 0.2) is 11.6 Å². The standard InChI is InChI=1S/C33H33ClF5N9O3S/c1-16-10-22(40)43-29(26(16)33(37,38)39)25-20(34)12-19-28(27(25)36)44-32(51-15-17-4-3-6-46(17)2)45-30(19)47-7-8-48(18(14-47)11-23(41)49)31(50)21(35)13-24-42-5-9-52-24/h5,9-10,12-13,17-18H,3-4,6-8,11,14-15H2,1-2H3,(H2,40,43)(H2,41,49)/b21-13-. The van der Waals surface area contributed by atoms with Crippen LogP contribution < -0.4 is 21.1 Å². The molecular weight excluding hydrogens is 733 g/mol. The third-order valence-corrected chi connectivity index (χ3v) is 10.1. The molecule has 6 rings (SSSR count). The summed E-state index contributed by atoms with van der Waals surface area (Å²) < 4.78 is 80.8. The van der Waals surface area contributed by atoms with Crippen LogP contribution in [0.5, 0.6) is 6.01 Å². The van der Waals surface area contributed by atoms with Crippen molar-refractivity contribution in [1.82, 2.24) is 29.7 Å². The lowest BCUT2D eigenvalue weighted by Crippen LogP contribution is -2.56. The quantitative estimate of drug-likeness (QED) is 0.171. The van der Waals surface area contributed by atoms with E-state index in [1.165, 1.54) is 24.1 Å². The molecule has 3 aromatic heterocycles. The lowest BCUT2D eigenvalue weighted by molar-refractivity contribution is -0.137. The number of carbonyl (C=O) groups excluding carboxylic acids is 2. The van der Waals surface area contributed by atoms with Crippen LogP contribution in [-0.2, 0) is 15.8 Å². The molecule has 2 atom stereocenters. The number of piperazine rings is 1. The number of halogens is 6. The number of aromatic nitrogens is 4. The second-order valence-corrected chi connectivity index (χ2v) is 13.9. The Morgan fingerprint density at radius 3 is 2.58 bits per heavy atom. The summed E-state index contributed by atoms with van der Waals surface area (Å²) in [4.78, 5) is 47.0. The first kappa shape index (κ1) is 37.1. The van der Waals surface area contributed by atoms with E-state index in [1.807, 2.05) is 7.05 Å². The molecule has 2 saturated heterocycles. The van der Waals surface area contributed by atoms with Crippen LogP contribution in [0.1, 0.15) is 35.4 Å². The summed E-state index contributed by atoms with van der Waals surface area (Å²) in [5.41, 5.74) is 7.94. The smallest absolute Gasteiger partial charge is 0.418 e. The van der Waals surface area contributed by atoms with Gasteiger partial charge in [-0.15, -0.1) is 11.3 Å². The fraction of sp³-hybridized carbons (Fsp3) is 0.394. The van der Waals surface area contributed by atoms with Gasteiger partial charge in [-0.2, -0.15) is 23.1 Å². The molecule has 0 radical (unpaired) electrons. The number of likely N-dealkylation sites (N-methyl/N-ethyl adjacent to an activating group) is 1. The van der Waals surface area contributed by atoms with Crippen molar-refractivity contribution in [2.45, 2.75) is 44.4 Å². The van der Waals surface area contributed by atoms with Gasteiger partial charge in [-0.05, 0) is 51.1 Å². The Kier molecular flexibility index (Phi) is 10.5. The van der Waals surface area contributed by atoms with Gasteiger partial charge in [0.2, 0.25) is 5.91 Å². The number of primary amides is 1. The van der Waals surface area contributed by atoms with Gasteiger partial charge in [-0.25, -0.2) is 18.7 Å². The summed E-state index contributed by atoms with van der Waals surface area (Å²) in [6, 6.07) is 1.02.